The Morgan fingerprint density at radius 2 is 2.18 bits per heavy atom. The lowest BCUT2D eigenvalue weighted by Gasteiger charge is -2.26. The van der Waals surface area contributed by atoms with Gasteiger partial charge in [-0.3, -0.25) is 4.90 Å². The molecule has 124 valence electrons. The molecule has 2 rings (SSSR count). The van der Waals surface area contributed by atoms with E-state index in [1.165, 1.54) is 0 Å². The van der Waals surface area contributed by atoms with Crippen molar-refractivity contribution in [1.82, 2.24) is 30.3 Å². The summed E-state index contributed by atoms with van der Waals surface area (Å²) in [5.74, 6) is 1.68. The van der Waals surface area contributed by atoms with Crippen molar-refractivity contribution >= 4 is 5.96 Å². The molecule has 2 N–H and O–H groups in total. The Labute approximate surface area is 132 Å². The maximum atomic E-state index is 5.35. The molecule has 2 heterocycles. The number of aryl methyl sites for hydroxylation is 1. The van der Waals surface area contributed by atoms with Crippen molar-refractivity contribution in [2.45, 2.75) is 19.9 Å². The van der Waals surface area contributed by atoms with Crippen LogP contribution in [0.4, 0.5) is 0 Å². The predicted molar refractivity (Wildman–Crippen MR) is 85.7 cm³/mol. The van der Waals surface area contributed by atoms with Crippen LogP contribution < -0.4 is 10.6 Å². The fourth-order valence-corrected chi connectivity index (χ4v) is 2.28. The Bertz CT molecular complexity index is 454. The summed E-state index contributed by atoms with van der Waals surface area (Å²) in [6.45, 7) is 9.23. The van der Waals surface area contributed by atoms with Crippen molar-refractivity contribution in [1.29, 1.82) is 0 Å². The number of guanidine groups is 1. The first-order valence-electron chi connectivity index (χ1n) is 7.94. The van der Waals surface area contributed by atoms with Crippen molar-refractivity contribution in [2.75, 3.05) is 45.9 Å². The number of ether oxygens (including phenoxy) is 1. The van der Waals surface area contributed by atoms with E-state index in [4.69, 9.17) is 4.74 Å². The molecule has 0 aromatic carbocycles. The number of aliphatic imine (C=N–C) groups is 1. The number of nitrogens with zero attached hydrogens (tertiary/aromatic N) is 5. The average Bonchev–Trinajstić information content (AvgIpc) is 2.95. The average molecular weight is 309 g/mol. The molecule has 0 atom stereocenters. The SMILES string of the molecule is CCNC(=NCc1nncn1C)NCCCN1CCOCC1. The highest BCUT2D eigenvalue weighted by Gasteiger charge is 2.09. The Balaban J connectivity index is 1.70. The molecule has 0 bridgehead atoms. The second-order valence-corrected chi connectivity index (χ2v) is 5.29. The van der Waals surface area contributed by atoms with Gasteiger partial charge in [0, 0.05) is 33.2 Å². The number of morpholine rings is 1. The minimum atomic E-state index is 0.523. The topological polar surface area (TPSA) is 79.6 Å². The largest absolute Gasteiger partial charge is 0.379 e. The van der Waals surface area contributed by atoms with E-state index >= 15 is 0 Å². The molecule has 0 radical (unpaired) electrons. The van der Waals surface area contributed by atoms with Gasteiger partial charge in [-0.2, -0.15) is 0 Å². The third-order valence-electron chi connectivity index (χ3n) is 3.58. The minimum Gasteiger partial charge on any atom is -0.379 e. The predicted octanol–water partition coefficient (Wildman–Crippen LogP) is -0.407. The Kier molecular flexibility index (Phi) is 7.11. The van der Waals surface area contributed by atoms with E-state index in [0.717, 1.165) is 64.1 Å². The molecular weight excluding hydrogens is 282 g/mol. The second-order valence-electron chi connectivity index (χ2n) is 5.29. The van der Waals surface area contributed by atoms with E-state index in [1.807, 2.05) is 11.6 Å². The maximum Gasteiger partial charge on any atom is 0.191 e. The molecule has 0 spiro atoms. The van der Waals surface area contributed by atoms with Gasteiger partial charge < -0.3 is 19.9 Å². The molecule has 1 fully saturated rings. The first-order valence-corrected chi connectivity index (χ1v) is 7.94. The smallest absolute Gasteiger partial charge is 0.191 e. The summed E-state index contributed by atoms with van der Waals surface area (Å²) in [7, 11) is 1.92. The van der Waals surface area contributed by atoms with Gasteiger partial charge in [0.05, 0.1) is 13.2 Å². The van der Waals surface area contributed by atoms with Gasteiger partial charge in [-0.25, -0.2) is 4.99 Å². The number of hydrogen-bond acceptors (Lipinski definition) is 5. The van der Waals surface area contributed by atoms with E-state index in [0.29, 0.717) is 6.54 Å². The van der Waals surface area contributed by atoms with Crippen LogP contribution in [0.3, 0.4) is 0 Å². The third kappa shape index (κ3) is 5.61. The molecule has 1 aromatic heterocycles. The van der Waals surface area contributed by atoms with Gasteiger partial charge in [0.25, 0.3) is 0 Å². The van der Waals surface area contributed by atoms with Crippen molar-refractivity contribution < 1.29 is 4.74 Å². The fourth-order valence-electron chi connectivity index (χ4n) is 2.28. The second kappa shape index (κ2) is 9.37. The monoisotopic (exact) mass is 309 g/mol. The van der Waals surface area contributed by atoms with Crippen molar-refractivity contribution in [3.05, 3.63) is 12.2 Å². The summed E-state index contributed by atoms with van der Waals surface area (Å²) >= 11 is 0. The van der Waals surface area contributed by atoms with Crippen molar-refractivity contribution in [3.63, 3.8) is 0 Å². The number of hydrogen-bond donors (Lipinski definition) is 2. The lowest BCUT2D eigenvalue weighted by Crippen LogP contribution is -2.40. The molecule has 0 saturated carbocycles. The maximum absolute atomic E-state index is 5.35. The number of nitrogens with one attached hydrogen (secondary N) is 2. The summed E-state index contributed by atoms with van der Waals surface area (Å²) in [6.07, 6.45) is 2.78. The van der Waals surface area contributed by atoms with Gasteiger partial charge in [0.2, 0.25) is 0 Å². The highest BCUT2D eigenvalue weighted by molar-refractivity contribution is 5.79. The summed E-state index contributed by atoms with van der Waals surface area (Å²) in [5, 5.41) is 14.5. The first-order chi connectivity index (χ1) is 10.8. The third-order valence-corrected chi connectivity index (χ3v) is 3.58. The highest BCUT2D eigenvalue weighted by atomic mass is 16.5. The molecule has 1 aliphatic heterocycles. The molecule has 0 unspecified atom stereocenters. The van der Waals surface area contributed by atoms with E-state index in [9.17, 15) is 0 Å². The van der Waals surface area contributed by atoms with Gasteiger partial charge in [-0.15, -0.1) is 10.2 Å². The summed E-state index contributed by atoms with van der Waals surface area (Å²) < 4.78 is 7.23. The van der Waals surface area contributed by atoms with Crippen LogP contribution >= 0.6 is 0 Å². The van der Waals surface area contributed by atoms with Gasteiger partial charge in [-0.1, -0.05) is 0 Å². The quantitative estimate of drug-likeness (QED) is 0.405. The molecule has 22 heavy (non-hydrogen) atoms. The molecule has 8 heteroatoms. The van der Waals surface area contributed by atoms with Crippen LogP contribution in [0.15, 0.2) is 11.3 Å². The molecule has 0 amide bonds. The van der Waals surface area contributed by atoms with Crippen LogP contribution in [0, 0.1) is 0 Å². The molecule has 1 aliphatic rings. The van der Waals surface area contributed by atoms with Crippen LogP contribution in [0.5, 0.6) is 0 Å². The van der Waals surface area contributed by atoms with E-state index in [1.54, 1.807) is 6.33 Å². The molecule has 8 nitrogen and oxygen atoms in total. The standard InChI is InChI=1S/C14H27N7O/c1-3-15-14(17-11-13-19-18-12-20(13)2)16-5-4-6-21-7-9-22-10-8-21/h12H,3-11H2,1-2H3,(H2,15,16,17). The van der Waals surface area contributed by atoms with Crippen LogP contribution in [-0.4, -0.2) is 71.6 Å². The zero-order valence-electron chi connectivity index (χ0n) is 13.6. The highest BCUT2D eigenvalue weighted by Crippen LogP contribution is 1.97. The van der Waals surface area contributed by atoms with Gasteiger partial charge >= 0.3 is 0 Å². The summed E-state index contributed by atoms with van der Waals surface area (Å²) in [5.41, 5.74) is 0. The molecule has 1 aromatic rings. The lowest BCUT2D eigenvalue weighted by atomic mass is 10.3. The molecule has 0 aliphatic carbocycles. The minimum absolute atomic E-state index is 0.523. The van der Waals surface area contributed by atoms with E-state index in [-0.39, 0.29) is 0 Å². The first kappa shape index (κ1) is 16.7. The normalized spacial score (nSPS) is 16.7. The molecular formula is C14H27N7O. The summed E-state index contributed by atoms with van der Waals surface area (Å²) in [6, 6.07) is 0. The van der Waals surface area contributed by atoms with E-state index in [2.05, 4.69) is 37.6 Å². The van der Waals surface area contributed by atoms with Gasteiger partial charge in [-0.05, 0) is 19.9 Å². The van der Waals surface area contributed by atoms with Crippen molar-refractivity contribution in [2.24, 2.45) is 12.0 Å². The Morgan fingerprint density at radius 3 is 2.86 bits per heavy atom. The van der Waals surface area contributed by atoms with E-state index < -0.39 is 0 Å². The van der Waals surface area contributed by atoms with Gasteiger partial charge in [0.1, 0.15) is 12.9 Å². The number of aromatic nitrogens is 3. The van der Waals surface area contributed by atoms with Crippen molar-refractivity contribution in [3.8, 4) is 0 Å². The zero-order chi connectivity index (χ0) is 15.6. The van der Waals surface area contributed by atoms with Crippen LogP contribution in [0.1, 0.15) is 19.2 Å². The zero-order valence-corrected chi connectivity index (χ0v) is 13.6. The number of rotatable bonds is 7. The summed E-state index contributed by atoms with van der Waals surface area (Å²) in [4.78, 5) is 6.98. The van der Waals surface area contributed by atoms with Crippen LogP contribution in [0.25, 0.3) is 0 Å². The lowest BCUT2D eigenvalue weighted by molar-refractivity contribution is 0.0376. The Hall–Kier alpha value is -1.67. The van der Waals surface area contributed by atoms with Crippen LogP contribution in [-0.2, 0) is 18.3 Å². The van der Waals surface area contributed by atoms with Gasteiger partial charge in [0.15, 0.2) is 11.8 Å². The molecule has 1 saturated heterocycles. The fraction of sp³-hybridized carbons (Fsp3) is 0.786. The van der Waals surface area contributed by atoms with Crippen LogP contribution in [0.2, 0.25) is 0 Å². The Morgan fingerprint density at radius 1 is 1.36 bits per heavy atom.